The van der Waals surface area contributed by atoms with E-state index in [0.717, 1.165) is 11.4 Å². The summed E-state index contributed by atoms with van der Waals surface area (Å²) >= 11 is 0. The number of urea groups is 1. The standard InChI is InChI=1S/C20H25F2N5O2/c21-20(22)11-19(20)4-6-26(12-19)16-2-1-13(7-24-16)15-9-27(10-15)18(29)25-5-3-14(8-25)17(23)28/h1-2,7,14-15H,3-6,8-12H2,(H2,23,28)/t14-,19?/m0/s1. The number of carbonyl (C=O) groups excluding carboxylic acids is 2. The summed E-state index contributed by atoms with van der Waals surface area (Å²) in [4.78, 5) is 33.7. The van der Waals surface area contributed by atoms with Gasteiger partial charge in [-0.3, -0.25) is 4.79 Å². The van der Waals surface area contributed by atoms with Crippen LogP contribution >= 0.6 is 0 Å². The third-order valence-electron chi connectivity index (χ3n) is 7.14. The predicted octanol–water partition coefficient (Wildman–Crippen LogP) is 1.64. The highest BCUT2D eigenvalue weighted by Crippen LogP contribution is 2.65. The Hall–Kier alpha value is -2.45. The van der Waals surface area contributed by atoms with Crippen LogP contribution in [0.15, 0.2) is 18.3 Å². The van der Waals surface area contributed by atoms with Crippen LogP contribution in [0, 0.1) is 11.3 Å². The average Bonchev–Trinajstić information content (AvgIpc) is 3.08. The number of hydrogen-bond acceptors (Lipinski definition) is 4. The highest BCUT2D eigenvalue weighted by Gasteiger charge is 2.72. The van der Waals surface area contributed by atoms with Crippen LogP contribution in [0.4, 0.5) is 19.4 Å². The van der Waals surface area contributed by atoms with Crippen molar-refractivity contribution in [1.29, 1.82) is 0 Å². The van der Waals surface area contributed by atoms with E-state index >= 15 is 0 Å². The van der Waals surface area contributed by atoms with E-state index in [1.807, 2.05) is 17.0 Å². The van der Waals surface area contributed by atoms with Gasteiger partial charge in [-0.05, 0) is 24.5 Å². The number of carbonyl (C=O) groups is 2. The van der Waals surface area contributed by atoms with Gasteiger partial charge in [0.05, 0.1) is 11.3 Å². The number of primary amides is 1. The normalized spacial score (nSPS) is 30.7. The number of likely N-dealkylation sites (tertiary alicyclic amines) is 2. The molecule has 9 heteroatoms. The first-order chi connectivity index (χ1) is 13.8. The molecule has 156 valence electrons. The van der Waals surface area contributed by atoms with Gasteiger partial charge < -0.3 is 20.4 Å². The molecule has 1 aromatic rings. The van der Waals surface area contributed by atoms with Gasteiger partial charge in [0.2, 0.25) is 5.91 Å². The largest absolute Gasteiger partial charge is 0.369 e. The van der Waals surface area contributed by atoms with Crippen LogP contribution in [0.5, 0.6) is 0 Å². The van der Waals surface area contributed by atoms with Crippen molar-refractivity contribution in [3.63, 3.8) is 0 Å². The molecule has 1 spiro atoms. The van der Waals surface area contributed by atoms with Gasteiger partial charge in [0.15, 0.2) is 0 Å². The number of nitrogens with two attached hydrogens (primary N) is 1. The second kappa shape index (κ2) is 6.27. The molecule has 2 N–H and O–H groups in total. The van der Waals surface area contributed by atoms with E-state index in [0.29, 0.717) is 52.1 Å². The van der Waals surface area contributed by atoms with Crippen LogP contribution in [-0.4, -0.2) is 71.9 Å². The maximum Gasteiger partial charge on any atom is 0.320 e. The van der Waals surface area contributed by atoms with Gasteiger partial charge in [-0.25, -0.2) is 18.6 Å². The van der Waals surface area contributed by atoms with Crippen molar-refractivity contribution in [1.82, 2.24) is 14.8 Å². The summed E-state index contributed by atoms with van der Waals surface area (Å²) in [7, 11) is 0. The Morgan fingerprint density at radius 3 is 2.45 bits per heavy atom. The van der Waals surface area contributed by atoms with Crippen LogP contribution in [0.1, 0.15) is 30.7 Å². The van der Waals surface area contributed by atoms with Crippen molar-refractivity contribution >= 4 is 17.8 Å². The molecule has 2 atom stereocenters. The van der Waals surface area contributed by atoms with Crippen LogP contribution in [0.25, 0.3) is 0 Å². The molecule has 3 saturated heterocycles. The second-order valence-electron chi connectivity index (χ2n) is 9.00. The summed E-state index contributed by atoms with van der Waals surface area (Å²) in [5.41, 5.74) is 5.56. The van der Waals surface area contributed by atoms with E-state index in [4.69, 9.17) is 5.73 Å². The van der Waals surface area contributed by atoms with E-state index in [1.54, 1.807) is 16.0 Å². The van der Waals surface area contributed by atoms with Crippen LogP contribution < -0.4 is 10.6 Å². The smallest absolute Gasteiger partial charge is 0.320 e. The Kier molecular flexibility index (Phi) is 4.02. The summed E-state index contributed by atoms with van der Waals surface area (Å²) in [5, 5.41) is 0. The Bertz CT molecular complexity index is 842. The number of aromatic nitrogens is 1. The molecular formula is C20H25F2N5O2. The SMILES string of the molecule is NC(=O)[C@H]1CCN(C(=O)N2CC(c3ccc(N4CCC5(C4)CC5(F)F)nc3)C2)C1. The van der Waals surface area contributed by atoms with Crippen LogP contribution in [-0.2, 0) is 4.79 Å². The Balaban J connectivity index is 1.14. The van der Waals surface area contributed by atoms with Crippen molar-refractivity contribution in [2.75, 3.05) is 44.2 Å². The fraction of sp³-hybridized carbons (Fsp3) is 0.650. The molecular weight excluding hydrogens is 380 g/mol. The lowest BCUT2D eigenvalue weighted by molar-refractivity contribution is -0.121. The van der Waals surface area contributed by atoms with Crippen molar-refractivity contribution in [2.24, 2.45) is 17.1 Å². The Morgan fingerprint density at radius 2 is 1.90 bits per heavy atom. The number of amides is 3. The Labute approximate surface area is 167 Å². The topological polar surface area (TPSA) is 82.8 Å². The highest BCUT2D eigenvalue weighted by molar-refractivity contribution is 5.80. The van der Waals surface area contributed by atoms with E-state index in [9.17, 15) is 18.4 Å². The molecule has 4 heterocycles. The van der Waals surface area contributed by atoms with Gasteiger partial charge in [0.25, 0.3) is 5.92 Å². The first kappa shape index (κ1) is 18.6. The van der Waals surface area contributed by atoms with Crippen molar-refractivity contribution in [3.05, 3.63) is 23.9 Å². The van der Waals surface area contributed by atoms with E-state index < -0.39 is 11.3 Å². The number of halogens is 2. The highest BCUT2D eigenvalue weighted by atomic mass is 19.3. The van der Waals surface area contributed by atoms with Crippen molar-refractivity contribution in [3.8, 4) is 0 Å². The quantitative estimate of drug-likeness (QED) is 0.829. The van der Waals surface area contributed by atoms with Crippen molar-refractivity contribution < 1.29 is 18.4 Å². The minimum absolute atomic E-state index is 0.00226. The molecule has 0 radical (unpaired) electrons. The first-order valence-corrected chi connectivity index (χ1v) is 10.2. The van der Waals surface area contributed by atoms with Gasteiger partial charge in [-0.15, -0.1) is 0 Å². The summed E-state index contributed by atoms with van der Waals surface area (Å²) < 4.78 is 27.1. The van der Waals surface area contributed by atoms with Crippen molar-refractivity contribution in [2.45, 2.75) is 31.1 Å². The number of anilines is 1. The van der Waals surface area contributed by atoms with Crippen LogP contribution in [0.2, 0.25) is 0 Å². The molecule has 3 aliphatic heterocycles. The first-order valence-electron chi connectivity index (χ1n) is 10.2. The summed E-state index contributed by atoms with van der Waals surface area (Å²) in [6, 6.07) is 3.85. The third-order valence-corrected chi connectivity index (χ3v) is 7.14. The number of pyridine rings is 1. The third kappa shape index (κ3) is 3.02. The molecule has 29 heavy (non-hydrogen) atoms. The molecule has 1 unspecified atom stereocenters. The fourth-order valence-corrected chi connectivity index (χ4v) is 4.93. The number of alkyl halides is 2. The molecule has 1 aromatic heterocycles. The van der Waals surface area contributed by atoms with Gasteiger partial charge >= 0.3 is 6.03 Å². The fourth-order valence-electron chi connectivity index (χ4n) is 4.93. The summed E-state index contributed by atoms with van der Waals surface area (Å²) in [6.45, 7) is 3.21. The van der Waals surface area contributed by atoms with Gasteiger partial charge in [-0.1, -0.05) is 6.07 Å². The molecule has 7 nitrogen and oxygen atoms in total. The number of nitrogens with zero attached hydrogens (tertiary/aromatic N) is 4. The van der Waals surface area contributed by atoms with Gasteiger partial charge in [0, 0.05) is 57.8 Å². The minimum Gasteiger partial charge on any atom is -0.369 e. The van der Waals surface area contributed by atoms with Crippen LogP contribution in [0.3, 0.4) is 0 Å². The molecule has 0 aromatic carbocycles. The Morgan fingerprint density at radius 1 is 1.14 bits per heavy atom. The summed E-state index contributed by atoms with van der Waals surface area (Å²) in [5.74, 6) is -2.13. The molecule has 0 bridgehead atoms. The molecule has 4 fully saturated rings. The lowest BCUT2D eigenvalue weighted by Gasteiger charge is -2.41. The monoisotopic (exact) mass is 405 g/mol. The zero-order valence-electron chi connectivity index (χ0n) is 16.2. The molecule has 5 rings (SSSR count). The second-order valence-corrected chi connectivity index (χ2v) is 9.00. The predicted molar refractivity (Wildman–Crippen MR) is 102 cm³/mol. The maximum atomic E-state index is 13.6. The molecule has 4 aliphatic rings. The summed E-state index contributed by atoms with van der Waals surface area (Å²) in [6.07, 6.45) is 2.96. The van der Waals surface area contributed by atoms with E-state index in [2.05, 4.69) is 4.98 Å². The van der Waals surface area contributed by atoms with Gasteiger partial charge in [-0.2, -0.15) is 0 Å². The average molecular weight is 405 g/mol. The van der Waals surface area contributed by atoms with E-state index in [-0.39, 0.29) is 30.2 Å². The molecule has 3 amide bonds. The zero-order valence-corrected chi connectivity index (χ0v) is 16.2. The lowest BCUT2D eigenvalue weighted by Crippen LogP contribution is -2.53. The lowest BCUT2D eigenvalue weighted by atomic mass is 9.93. The van der Waals surface area contributed by atoms with Gasteiger partial charge in [0.1, 0.15) is 5.82 Å². The molecule has 1 saturated carbocycles. The maximum absolute atomic E-state index is 13.6. The minimum atomic E-state index is -2.52. The molecule has 1 aliphatic carbocycles. The number of rotatable bonds is 3. The number of hydrogen-bond donors (Lipinski definition) is 1. The van der Waals surface area contributed by atoms with E-state index in [1.165, 1.54) is 0 Å². The zero-order chi connectivity index (χ0) is 20.4.